The maximum atomic E-state index is 11.5. The normalized spacial score (nSPS) is 17.6. The molecule has 3 amide bonds. The van der Waals surface area contributed by atoms with Gasteiger partial charge in [-0.05, 0) is 19.1 Å². The third-order valence-electron chi connectivity index (χ3n) is 2.75. The molecule has 0 unspecified atom stereocenters. The molecule has 7 nitrogen and oxygen atoms in total. The first kappa shape index (κ1) is 13.6. The predicted molar refractivity (Wildman–Crippen MR) is 66.2 cm³/mol. The Bertz CT molecular complexity index is 448. The third-order valence-corrected chi connectivity index (χ3v) is 2.75. The lowest BCUT2D eigenvalue weighted by Crippen LogP contribution is -2.62. The molecule has 1 fully saturated rings. The summed E-state index contributed by atoms with van der Waals surface area (Å²) in [5.74, 6) is 0.217. The molecule has 0 aromatic carbocycles. The molecule has 2 heterocycles. The highest BCUT2D eigenvalue weighted by Gasteiger charge is 2.37. The Morgan fingerprint density at radius 1 is 1.53 bits per heavy atom. The lowest BCUT2D eigenvalue weighted by molar-refractivity contribution is -0.129. The number of likely N-dealkylation sites (tertiary alicyclic amines) is 1. The molecular weight excluding hydrogens is 250 g/mol. The number of hydrogen-bond donors (Lipinski definition) is 3. The van der Waals surface area contributed by atoms with Crippen molar-refractivity contribution in [2.75, 3.05) is 19.6 Å². The molecular formula is C12H17N3O4. The van der Waals surface area contributed by atoms with Gasteiger partial charge in [-0.1, -0.05) is 0 Å². The number of nitrogens with zero attached hydrogens (tertiary/aromatic N) is 1. The number of aliphatic hydroxyl groups is 1. The van der Waals surface area contributed by atoms with Crippen LogP contribution in [0.25, 0.3) is 0 Å². The topological polar surface area (TPSA) is 94.8 Å². The van der Waals surface area contributed by atoms with Crippen LogP contribution >= 0.6 is 0 Å². The Morgan fingerprint density at radius 2 is 2.26 bits per heavy atom. The molecule has 1 aromatic heterocycles. The summed E-state index contributed by atoms with van der Waals surface area (Å²) in [7, 11) is 0. The van der Waals surface area contributed by atoms with Crippen LogP contribution < -0.4 is 10.6 Å². The minimum Gasteiger partial charge on any atom is -0.467 e. The molecule has 19 heavy (non-hydrogen) atoms. The quantitative estimate of drug-likeness (QED) is 0.694. The van der Waals surface area contributed by atoms with Crippen molar-refractivity contribution in [3.8, 4) is 0 Å². The van der Waals surface area contributed by atoms with Crippen molar-refractivity contribution in [3.63, 3.8) is 0 Å². The van der Waals surface area contributed by atoms with Gasteiger partial charge in [0.05, 0.1) is 25.0 Å². The van der Waals surface area contributed by atoms with Crippen molar-refractivity contribution in [1.82, 2.24) is 15.5 Å². The molecule has 7 heteroatoms. The van der Waals surface area contributed by atoms with E-state index in [2.05, 4.69) is 10.6 Å². The van der Waals surface area contributed by atoms with Gasteiger partial charge in [-0.25, -0.2) is 4.79 Å². The Kier molecular flexibility index (Phi) is 3.87. The highest BCUT2D eigenvalue weighted by molar-refractivity contribution is 5.95. The van der Waals surface area contributed by atoms with Crippen LogP contribution in [0, 0.1) is 0 Å². The van der Waals surface area contributed by atoms with E-state index in [0.29, 0.717) is 18.8 Å². The summed E-state index contributed by atoms with van der Waals surface area (Å²) < 4.78 is 5.04. The average Bonchev–Trinajstić information content (AvgIpc) is 2.76. The molecule has 2 rings (SSSR count). The Labute approximate surface area is 110 Å². The van der Waals surface area contributed by atoms with Crippen LogP contribution in [0.3, 0.4) is 0 Å². The smallest absolute Gasteiger partial charge is 0.321 e. The first-order chi connectivity index (χ1) is 8.94. The number of β-amino-alcohol motifs (C(OH)–C–C–N with tert-alkyl or cyclic N) is 1. The van der Waals surface area contributed by atoms with Crippen LogP contribution in [0.15, 0.2) is 22.8 Å². The molecule has 0 bridgehead atoms. The molecule has 104 valence electrons. The van der Waals surface area contributed by atoms with Crippen molar-refractivity contribution in [2.45, 2.75) is 19.1 Å². The molecule has 1 saturated heterocycles. The van der Waals surface area contributed by atoms with Gasteiger partial charge in [0, 0.05) is 13.1 Å². The molecule has 0 aliphatic carbocycles. The van der Waals surface area contributed by atoms with E-state index < -0.39 is 17.5 Å². The van der Waals surface area contributed by atoms with Crippen LogP contribution in [0.1, 0.15) is 12.7 Å². The lowest BCUT2D eigenvalue weighted by atomic mass is 9.97. The van der Waals surface area contributed by atoms with Crippen molar-refractivity contribution >= 4 is 11.9 Å². The van der Waals surface area contributed by atoms with Gasteiger partial charge in [0.25, 0.3) is 0 Å². The molecule has 0 atom stereocenters. The maximum Gasteiger partial charge on any atom is 0.321 e. The standard InChI is InChI=1S/C12H17N3O4/c1-12(18)7-15(8-12)6-10(16)14-11(17)13-5-9-3-2-4-19-9/h2-4,18H,5-8H2,1H3,(H2,13,14,16,17). The van der Waals surface area contributed by atoms with Gasteiger partial charge in [0.15, 0.2) is 0 Å². The molecule has 1 aliphatic rings. The van der Waals surface area contributed by atoms with Gasteiger partial charge < -0.3 is 14.8 Å². The van der Waals surface area contributed by atoms with Crippen molar-refractivity contribution in [1.29, 1.82) is 0 Å². The molecule has 0 radical (unpaired) electrons. The van der Waals surface area contributed by atoms with E-state index in [-0.39, 0.29) is 13.1 Å². The van der Waals surface area contributed by atoms with Crippen LogP contribution in [0.2, 0.25) is 0 Å². The summed E-state index contributed by atoms with van der Waals surface area (Å²) in [6, 6.07) is 2.88. The SMILES string of the molecule is CC1(O)CN(CC(=O)NC(=O)NCc2ccco2)C1. The van der Waals surface area contributed by atoms with Crippen LogP contribution in [-0.2, 0) is 11.3 Å². The van der Waals surface area contributed by atoms with E-state index in [1.165, 1.54) is 6.26 Å². The fourth-order valence-electron chi connectivity index (χ4n) is 2.02. The summed E-state index contributed by atoms with van der Waals surface area (Å²) in [5, 5.41) is 14.2. The van der Waals surface area contributed by atoms with Gasteiger partial charge in [-0.2, -0.15) is 0 Å². The predicted octanol–water partition coefficient (Wildman–Crippen LogP) is -0.328. The van der Waals surface area contributed by atoms with Gasteiger partial charge in [0.1, 0.15) is 5.76 Å². The molecule has 1 aromatic rings. The number of carbonyl (C=O) groups is 2. The molecule has 1 aliphatic heterocycles. The number of urea groups is 1. The van der Waals surface area contributed by atoms with Gasteiger partial charge in [0.2, 0.25) is 5.91 Å². The summed E-state index contributed by atoms with van der Waals surface area (Å²) in [6.07, 6.45) is 1.51. The summed E-state index contributed by atoms with van der Waals surface area (Å²) in [5.41, 5.74) is -0.720. The zero-order valence-electron chi connectivity index (χ0n) is 10.7. The number of amides is 3. The first-order valence-electron chi connectivity index (χ1n) is 5.99. The third kappa shape index (κ3) is 4.08. The van der Waals surface area contributed by atoms with E-state index in [0.717, 1.165) is 0 Å². The Balaban J connectivity index is 1.63. The van der Waals surface area contributed by atoms with E-state index in [9.17, 15) is 14.7 Å². The van der Waals surface area contributed by atoms with Crippen LogP contribution in [0.4, 0.5) is 4.79 Å². The second-order valence-corrected chi connectivity index (χ2v) is 4.95. The maximum absolute atomic E-state index is 11.5. The Morgan fingerprint density at radius 3 is 2.84 bits per heavy atom. The fraction of sp³-hybridized carbons (Fsp3) is 0.500. The zero-order chi connectivity index (χ0) is 13.9. The van der Waals surface area contributed by atoms with Crippen molar-refractivity contribution < 1.29 is 19.1 Å². The molecule has 3 N–H and O–H groups in total. The molecule has 0 saturated carbocycles. The molecule has 0 spiro atoms. The van der Waals surface area contributed by atoms with Gasteiger partial charge >= 0.3 is 6.03 Å². The zero-order valence-corrected chi connectivity index (χ0v) is 10.7. The monoisotopic (exact) mass is 267 g/mol. The number of furan rings is 1. The minimum absolute atomic E-state index is 0.102. The average molecular weight is 267 g/mol. The van der Waals surface area contributed by atoms with Crippen molar-refractivity contribution in [3.05, 3.63) is 24.2 Å². The summed E-state index contributed by atoms with van der Waals surface area (Å²) >= 11 is 0. The van der Waals surface area contributed by atoms with Gasteiger partial charge in [-0.3, -0.25) is 15.0 Å². The number of hydrogen-bond acceptors (Lipinski definition) is 5. The van der Waals surface area contributed by atoms with Crippen LogP contribution in [-0.4, -0.2) is 47.2 Å². The number of rotatable bonds is 4. The summed E-state index contributed by atoms with van der Waals surface area (Å²) in [6.45, 7) is 2.91. The minimum atomic E-state index is -0.720. The number of nitrogens with one attached hydrogen (secondary N) is 2. The van der Waals surface area contributed by atoms with E-state index in [1.807, 2.05) is 0 Å². The summed E-state index contributed by atoms with van der Waals surface area (Å²) in [4.78, 5) is 24.7. The van der Waals surface area contributed by atoms with E-state index >= 15 is 0 Å². The highest BCUT2D eigenvalue weighted by Crippen LogP contribution is 2.18. The first-order valence-corrected chi connectivity index (χ1v) is 5.99. The van der Waals surface area contributed by atoms with Crippen LogP contribution in [0.5, 0.6) is 0 Å². The Hall–Kier alpha value is -1.86. The van der Waals surface area contributed by atoms with Crippen molar-refractivity contribution in [2.24, 2.45) is 0 Å². The van der Waals surface area contributed by atoms with E-state index in [1.54, 1.807) is 24.0 Å². The van der Waals surface area contributed by atoms with E-state index in [4.69, 9.17) is 4.42 Å². The fourth-order valence-corrected chi connectivity index (χ4v) is 2.02. The number of carbonyl (C=O) groups excluding carboxylic acids is 2. The second kappa shape index (κ2) is 5.41. The van der Waals surface area contributed by atoms with Gasteiger partial charge in [-0.15, -0.1) is 0 Å². The lowest BCUT2D eigenvalue weighted by Gasteiger charge is -2.43. The number of imide groups is 1. The second-order valence-electron chi connectivity index (χ2n) is 4.95. The largest absolute Gasteiger partial charge is 0.467 e. The highest BCUT2D eigenvalue weighted by atomic mass is 16.3.